The molecule has 1 unspecified atom stereocenters. The standard InChI is InChI=1S/C9H17NO3/c1-2-8(11)7-5-9(6-10-7)12-3-4-13-9/h7-8,10-11H,2-6H2,1H3/t7-,8?/m0/s1. The van der Waals surface area contributed by atoms with Crippen molar-refractivity contribution in [1.82, 2.24) is 5.32 Å². The number of aliphatic hydroxyl groups is 1. The Hall–Kier alpha value is -0.160. The molecule has 0 saturated carbocycles. The van der Waals surface area contributed by atoms with E-state index in [-0.39, 0.29) is 12.1 Å². The zero-order valence-electron chi connectivity index (χ0n) is 7.95. The van der Waals surface area contributed by atoms with Crippen LogP contribution >= 0.6 is 0 Å². The molecule has 13 heavy (non-hydrogen) atoms. The summed E-state index contributed by atoms with van der Waals surface area (Å²) in [6, 6.07) is 0.128. The number of rotatable bonds is 2. The van der Waals surface area contributed by atoms with Crippen LogP contribution in [0.25, 0.3) is 0 Å². The molecule has 0 aromatic rings. The Kier molecular flexibility index (Phi) is 2.55. The highest BCUT2D eigenvalue weighted by atomic mass is 16.7. The lowest BCUT2D eigenvalue weighted by Crippen LogP contribution is -2.33. The lowest BCUT2D eigenvalue weighted by Gasteiger charge is -2.21. The van der Waals surface area contributed by atoms with Gasteiger partial charge in [-0.1, -0.05) is 6.92 Å². The normalized spacial score (nSPS) is 34.2. The van der Waals surface area contributed by atoms with Gasteiger partial charge in [0.05, 0.1) is 25.9 Å². The van der Waals surface area contributed by atoms with E-state index < -0.39 is 5.79 Å². The molecule has 2 rings (SSSR count). The summed E-state index contributed by atoms with van der Waals surface area (Å²) in [5, 5.41) is 12.9. The van der Waals surface area contributed by atoms with Crippen LogP contribution < -0.4 is 5.32 Å². The first-order valence-electron chi connectivity index (χ1n) is 4.95. The van der Waals surface area contributed by atoms with Gasteiger partial charge in [0.15, 0.2) is 5.79 Å². The van der Waals surface area contributed by atoms with E-state index in [1.807, 2.05) is 6.92 Å². The SMILES string of the molecule is CCC(O)[C@@H]1CC2(CN1)OCCO2. The molecular weight excluding hydrogens is 170 g/mol. The summed E-state index contributed by atoms with van der Waals surface area (Å²) in [5.41, 5.74) is 0. The Morgan fingerprint density at radius 3 is 2.85 bits per heavy atom. The van der Waals surface area contributed by atoms with Gasteiger partial charge in [-0.2, -0.15) is 0 Å². The average Bonchev–Trinajstić information content (AvgIpc) is 2.76. The van der Waals surface area contributed by atoms with Crippen molar-refractivity contribution in [3.05, 3.63) is 0 Å². The minimum Gasteiger partial charge on any atom is -0.392 e. The van der Waals surface area contributed by atoms with Gasteiger partial charge in [-0.25, -0.2) is 0 Å². The number of hydrogen-bond acceptors (Lipinski definition) is 4. The fourth-order valence-electron chi connectivity index (χ4n) is 2.04. The Morgan fingerprint density at radius 2 is 2.23 bits per heavy atom. The van der Waals surface area contributed by atoms with Crippen molar-refractivity contribution in [3.63, 3.8) is 0 Å². The predicted molar refractivity (Wildman–Crippen MR) is 47.3 cm³/mol. The topological polar surface area (TPSA) is 50.7 Å². The van der Waals surface area contributed by atoms with Crippen molar-refractivity contribution in [2.45, 2.75) is 37.7 Å². The lowest BCUT2D eigenvalue weighted by atomic mass is 10.1. The largest absolute Gasteiger partial charge is 0.392 e. The molecule has 2 fully saturated rings. The van der Waals surface area contributed by atoms with E-state index in [0.717, 1.165) is 12.8 Å². The van der Waals surface area contributed by atoms with Crippen LogP contribution in [0.1, 0.15) is 19.8 Å². The molecule has 2 aliphatic heterocycles. The van der Waals surface area contributed by atoms with E-state index in [2.05, 4.69) is 5.32 Å². The second-order valence-electron chi connectivity index (χ2n) is 3.77. The number of hydrogen-bond donors (Lipinski definition) is 2. The minimum atomic E-state index is -0.430. The average molecular weight is 187 g/mol. The van der Waals surface area contributed by atoms with Gasteiger partial charge in [-0.05, 0) is 6.42 Å². The van der Waals surface area contributed by atoms with E-state index in [9.17, 15) is 5.11 Å². The lowest BCUT2D eigenvalue weighted by molar-refractivity contribution is -0.142. The predicted octanol–water partition coefficient (Wildman–Crippen LogP) is -0.138. The van der Waals surface area contributed by atoms with Crippen LogP contribution in [-0.4, -0.2) is 42.8 Å². The molecule has 2 N–H and O–H groups in total. The third-order valence-corrected chi connectivity index (χ3v) is 2.86. The van der Waals surface area contributed by atoms with Gasteiger partial charge < -0.3 is 19.9 Å². The van der Waals surface area contributed by atoms with Crippen LogP contribution in [0.4, 0.5) is 0 Å². The van der Waals surface area contributed by atoms with Crippen LogP contribution in [0.15, 0.2) is 0 Å². The quantitative estimate of drug-likeness (QED) is 0.632. The summed E-state index contributed by atoms with van der Waals surface area (Å²) in [7, 11) is 0. The van der Waals surface area contributed by atoms with E-state index in [1.54, 1.807) is 0 Å². The zero-order chi connectivity index (χ0) is 9.31. The summed E-state index contributed by atoms with van der Waals surface area (Å²) in [5.74, 6) is -0.430. The summed E-state index contributed by atoms with van der Waals surface area (Å²) in [4.78, 5) is 0. The van der Waals surface area contributed by atoms with Crippen molar-refractivity contribution in [3.8, 4) is 0 Å². The highest BCUT2D eigenvalue weighted by molar-refractivity contribution is 4.94. The molecule has 0 aliphatic carbocycles. The van der Waals surface area contributed by atoms with E-state index in [4.69, 9.17) is 9.47 Å². The monoisotopic (exact) mass is 187 g/mol. The van der Waals surface area contributed by atoms with Gasteiger partial charge in [0.25, 0.3) is 0 Å². The molecule has 4 nitrogen and oxygen atoms in total. The fourth-order valence-corrected chi connectivity index (χ4v) is 2.04. The molecular formula is C9H17NO3. The van der Waals surface area contributed by atoms with Crippen LogP contribution in [-0.2, 0) is 9.47 Å². The first-order valence-corrected chi connectivity index (χ1v) is 4.95. The Bertz CT molecular complexity index is 180. The number of aliphatic hydroxyl groups excluding tert-OH is 1. The number of ether oxygens (including phenoxy) is 2. The summed E-state index contributed by atoms with van der Waals surface area (Å²) in [6.45, 7) is 4.04. The van der Waals surface area contributed by atoms with Crippen LogP contribution in [0.2, 0.25) is 0 Å². The van der Waals surface area contributed by atoms with Gasteiger partial charge in [0, 0.05) is 12.5 Å². The van der Waals surface area contributed by atoms with Gasteiger partial charge in [-0.3, -0.25) is 0 Å². The number of nitrogens with one attached hydrogen (secondary N) is 1. The molecule has 0 amide bonds. The third kappa shape index (κ3) is 1.72. The summed E-state index contributed by atoms with van der Waals surface area (Å²) >= 11 is 0. The van der Waals surface area contributed by atoms with Gasteiger partial charge in [0.2, 0.25) is 0 Å². The maximum Gasteiger partial charge on any atom is 0.182 e. The Morgan fingerprint density at radius 1 is 1.54 bits per heavy atom. The molecule has 0 aromatic carbocycles. The zero-order valence-corrected chi connectivity index (χ0v) is 7.95. The molecule has 0 aromatic heterocycles. The summed E-state index contributed by atoms with van der Waals surface area (Å²) in [6.07, 6.45) is 1.25. The molecule has 2 saturated heterocycles. The van der Waals surface area contributed by atoms with Crippen molar-refractivity contribution in [1.29, 1.82) is 0 Å². The van der Waals surface area contributed by atoms with Crippen molar-refractivity contribution < 1.29 is 14.6 Å². The van der Waals surface area contributed by atoms with Gasteiger partial charge in [0.1, 0.15) is 0 Å². The molecule has 2 atom stereocenters. The highest BCUT2D eigenvalue weighted by Crippen LogP contribution is 2.30. The van der Waals surface area contributed by atoms with E-state index in [0.29, 0.717) is 19.8 Å². The first kappa shape index (κ1) is 9.40. The molecule has 0 bridgehead atoms. The van der Waals surface area contributed by atoms with Crippen molar-refractivity contribution in [2.24, 2.45) is 0 Å². The molecule has 1 spiro atoms. The highest BCUT2D eigenvalue weighted by Gasteiger charge is 2.45. The smallest absolute Gasteiger partial charge is 0.182 e. The molecule has 0 radical (unpaired) electrons. The maximum absolute atomic E-state index is 9.63. The Labute approximate surface area is 78.2 Å². The maximum atomic E-state index is 9.63. The van der Waals surface area contributed by atoms with Gasteiger partial charge >= 0.3 is 0 Å². The second kappa shape index (κ2) is 3.53. The fraction of sp³-hybridized carbons (Fsp3) is 1.00. The molecule has 2 aliphatic rings. The minimum absolute atomic E-state index is 0.128. The van der Waals surface area contributed by atoms with Crippen LogP contribution in [0, 0.1) is 0 Å². The van der Waals surface area contributed by atoms with E-state index in [1.165, 1.54) is 0 Å². The molecule has 2 heterocycles. The van der Waals surface area contributed by atoms with Crippen LogP contribution in [0.5, 0.6) is 0 Å². The van der Waals surface area contributed by atoms with Crippen LogP contribution in [0.3, 0.4) is 0 Å². The third-order valence-electron chi connectivity index (χ3n) is 2.86. The molecule has 76 valence electrons. The summed E-state index contributed by atoms with van der Waals surface area (Å²) < 4.78 is 11.1. The Balaban J connectivity index is 1.93. The molecule has 4 heteroatoms. The van der Waals surface area contributed by atoms with Gasteiger partial charge in [-0.15, -0.1) is 0 Å². The first-order chi connectivity index (χ1) is 6.26. The van der Waals surface area contributed by atoms with Crippen molar-refractivity contribution >= 4 is 0 Å². The van der Waals surface area contributed by atoms with E-state index >= 15 is 0 Å². The second-order valence-corrected chi connectivity index (χ2v) is 3.77. The van der Waals surface area contributed by atoms with Crippen molar-refractivity contribution in [2.75, 3.05) is 19.8 Å².